The predicted octanol–water partition coefficient (Wildman–Crippen LogP) is 1.41. The van der Waals surface area contributed by atoms with Crippen molar-refractivity contribution in [3.8, 4) is 0 Å². The minimum Gasteiger partial charge on any atom is -0.366 e. The van der Waals surface area contributed by atoms with Gasteiger partial charge in [-0.15, -0.1) is 0 Å². The molecule has 6 heteroatoms. The zero-order chi connectivity index (χ0) is 17.1. The zero-order valence-electron chi connectivity index (χ0n) is 14.2. The summed E-state index contributed by atoms with van der Waals surface area (Å²) in [5.41, 5.74) is 6.65. The summed E-state index contributed by atoms with van der Waals surface area (Å²) in [6, 6.07) is 7.45. The fraction of sp³-hybridized carbons (Fsp3) is 0.556. The van der Waals surface area contributed by atoms with Gasteiger partial charge < -0.3 is 20.9 Å². The summed E-state index contributed by atoms with van der Waals surface area (Å²) in [6.45, 7) is 3.37. The van der Waals surface area contributed by atoms with Crippen LogP contribution >= 0.6 is 0 Å². The molecule has 2 saturated heterocycles. The number of carbonyl (C=O) groups excluding carboxylic acids is 2. The SMILES string of the molecule is CN1CC[C@H]2[C@@H](CCCN2C(=O)NCc2cccc(C(N)=O)c2)C1. The van der Waals surface area contributed by atoms with E-state index in [-0.39, 0.29) is 6.03 Å². The molecule has 2 fully saturated rings. The highest BCUT2D eigenvalue weighted by Crippen LogP contribution is 2.30. The van der Waals surface area contributed by atoms with Gasteiger partial charge in [0.15, 0.2) is 0 Å². The molecule has 0 aliphatic carbocycles. The van der Waals surface area contributed by atoms with E-state index in [0.717, 1.165) is 38.0 Å². The van der Waals surface area contributed by atoms with E-state index >= 15 is 0 Å². The molecule has 0 unspecified atom stereocenters. The van der Waals surface area contributed by atoms with Crippen molar-refractivity contribution >= 4 is 11.9 Å². The lowest BCUT2D eigenvalue weighted by Crippen LogP contribution is -2.57. The highest BCUT2D eigenvalue weighted by atomic mass is 16.2. The van der Waals surface area contributed by atoms with Gasteiger partial charge in [-0.2, -0.15) is 0 Å². The van der Waals surface area contributed by atoms with E-state index in [1.165, 1.54) is 6.42 Å². The molecule has 0 bridgehead atoms. The van der Waals surface area contributed by atoms with Crippen LogP contribution in [-0.4, -0.2) is 54.5 Å². The average molecular weight is 330 g/mol. The maximum atomic E-state index is 12.6. The molecule has 0 aromatic heterocycles. The molecule has 3 N–H and O–H groups in total. The number of primary amides is 1. The summed E-state index contributed by atoms with van der Waals surface area (Å²) in [5, 5.41) is 3.00. The molecule has 2 heterocycles. The Bertz CT molecular complexity index is 619. The van der Waals surface area contributed by atoms with Gasteiger partial charge in [-0.3, -0.25) is 4.79 Å². The average Bonchev–Trinajstić information content (AvgIpc) is 2.59. The highest BCUT2D eigenvalue weighted by molar-refractivity contribution is 5.92. The van der Waals surface area contributed by atoms with Crippen molar-refractivity contribution < 1.29 is 9.59 Å². The van der Waals surface area contributed by atoms with E-state index in [4.69, 9.17) is 5.73 Å². The normalized spacial score (nSPS) is 24.3. The number of carbonyl (C=O) groups is 2. The minimum atomic E-state index is -0.451. The van der Waals surface area contributed by atoms with Crippen LogP contribution in [0.15, 0.2) is 24.3 Å². The quantitative estimate of drug-likeness (QED) is 0.879. The Morgan fingerprint density at radius 1 is 1.29 bits per heavy atom. The second-order valence-corrected chi connectivity index (χ2v) is 6.94. The molecule has 6 nitrogen and oxygen atoms in total. The predicted molar refractivity (Wildman–Crippen MR) is 92.5 cm³/mol. The first-order valence-electron chi connectivity index (χ1n) is 8.66. The molecule has 3 rings (SSSR count). The highest BCUT2D eigenvalue weighted by Gasteiger charge is 2.37. The molecule has 3 amide bonds. The smallest absolute Gasteiger partial charge is 0.317 e. The Labute approximate surface area is 143 Å². The number of fused-ring (bicyclic) bond motifs is 1. The third-order valence-electron chi connectivity index (χ3n) is 5.19. The number of nitrogens with zero attached hydrogens (tertiary/aromatic N) is 2. The lowest BCUT2D eigenvalue weighted by molar-refractivity contribution is 0.0532. The molecule has 1 aromatic carbocycles. The summed E-state index contributed by atoms with van der Waals surface area (Å²) in [4.78, 5) is 28.3. The van der Waals surface area contributed by atoms with E-state index in [9.17, 15) is 9.59 Å². The lowest BCUT2D eigenvalue weighted by Gasteiger charge is -2.46. The van der Waals surface area contributed by atoms with Gasteiger partial charge in [0.2, 0.25) is 5.91 Å². The summed E-state index contributed by atoms with van der Waals surface area (Å²) >= 11 is 0. The fourth-order valence-electron chi connectivity index (χ4n) is 3.95. The number of nitrogens with one attached hydrogen (secondary N) is 1. The van der Waals surface area contributed by atoms with Crippen LogP contribution in [0.4, 0.5) is 4.79 Å². The van der Waals surface area contributed by atoms with E-state index in [1.54, 1.807) is 18.2 Å². The zero-order valence-corrected chi connectivity index (χ0v) is 14.2. The standard InChI is InChI=1S/C18H26N4O2/c1-21-9-7-16-15(12-21)6-3-8-22(16)18(24)20-11-13-4-2-5-14(10-13)17(19)23/h2,4-5,10,15-16H,3,6-9,11-12H2,1H3,(H2,19,23)(H,20,24)/t15-,16-/m0/s1. The number of nitrogens with two attached hydrogens (primary N) is 1. The first-order chi connectivity index (χ1) is 11.5. The summed E-state index contributed by atoms with van der Waals surface area (Å²) in [6.07, 6.45) is 3.32. The number of rotatable bonds is 3. The van der Waals surface area contributed by atoms with E-state index in [0.29, 0.717) is 24.1 Å². The largest absolute Gasteiger partial charge is 0.366 e. The molecule has 130 valence electrons. The van der Waals surface area contributed by atoms with Crippen LogP contribution in [0.25, 0.3) is 0 Å². The Hall–Kier alpha value is -2.08. The minimum absolute atomic E-state index is 0.00117. The monoisotopic (exact) mass is 330 g/mol. The number of hydrogen-bond acceptors (Lipinski definition) is 3. The Morgan fingerprint density at radius 3 is 2.92 bits per heavy atom. The molecule has 2 atom stereocenters. The van der Waals surface area contributed by atoms with Crippen LogP contribution in [0.5, 0.6) is 0 Å². The molecular weight excluding hydrogens is 304 g/mol. The van der Waals surface area contributed by atoms with Gasteiger partial charge in [-0.25, -0.2) is 4.79 Å². The number of urea groups is 1. The molecule has 2 aliphatic heterocycles. The molecular formula is C18H26N4O2. The molecule has 2 aliphatic rings. The van der Waals surface area contributed by atoms with Crippen LogP contribution in [-0.2, 0) is 6.54 Å². The number of likely N-dealkylation sites (tertiary alicyclic amines) is 2. The van der Waals surface area contributed by atoms with Gasteiger partial charge in [0.25, 0.3) is 0 Å². The third kappa shape index (κ3) is 3.70. The van der Waals surface area contributed by atoms with E-state index in [1.807, 2.05) is 11.0 Å². The van der Waals surface area contributed by atoms with E-state index < -0.39 is 5.91 Å². The first-order valence-corrected chi connectivity index (χ1v) is 8.66. The van der Waals surface area contributed by atoms with Crippen molar-refractivity contribution in [3.63, 3.8) is 0 Å². The molecule has 0 saturated carbocycles. The van der Waals surface area contributed by atoms with Crippen LogP contribution in [0, 0.1) is 5.92 Å². The third-order valence-corrected chi connectivity index (χ3v) is 5.19. The second-order valence-electron chi connectivity index (χ2n) is 6.94. The second kappa shape index (κ2) is 7.21. The number of benzene rings is 1. The van der Waals surface area contributed by atoms with Crippen molar-refractivity contribution in [2.45, 2.75) is 31.8 Å². The fourth-order valence-corrected chi connectivity index (χ4v) is 3.95. The maximum absolute atomic E-state index is 12.6. The first kappa shape index (κ1) is 16.8. The number of piperidine rings is 2. The lowest BCUT2D eigenvalue weighted by atomic mass is 9.84. The molecule has 0 spiro atoms. The van der Waals surface area contributed by atoms with Crippen molar-refractivity contribution in [1.82, 2.24) is 15.1 Å². The molecule has 1 aromatic rings. The van der Waals surface area contributed by atoms with Crippen LogP contribution in [0.1, 0.15) is 35.2 Å². The van der Waals surface area contributed by atoms with Crippen molar-refractivity contribution in [1.29, 1.82) is 0 Å². The van der Waals surface area contributed by atoms with Crippen molar-refractivity contribution in [3.05, 3.63) is 35.4 Å². The van der Waals surface area contributed by atoms with Crippen LogP contribution in [0.3, 0.4) is 0 Å². The van der Waals surface area contributed by atoms with E-state index in [2.05, 4.69) is 17.3 Å². The molecule has 0 radical (unpaired) electrons. The van der Waals surface area contributed by atoms with Gasteiger partial charge in [-0.05, 0) is 56.5 Å². The summed E-state index contributed by atoms with van der Waals surface area (Å²) in [5.74, 6) is 0.134. The van der Waals surface area contributed by atoms with Gasteiger partial charge in [0.05, 0.1) is 0 Å². The van der Waals surface area contributed by atoms with Crippen LogP contribution < -0.4 is 11.1 Å². The van der Waals surface area contributed by atoms with Gasteiger partial charge in [0.1, 0.15) is 0 Å². The molecule has 24 heavy (non-hydrogen) atoms. The Kier molecular flexibility index (Phi) is 5.04. The number of amides is 3. The van der Waals surface area contributed by atoms with Gasteiger partial charge >= 0.3 is 6.03 Å². The summed E-state index contributed by atoms with van der Waals surface area (Å²) in [7, 11) is 2.15. The Morgan fingerprint density at radius 2 is 2.12 bits per heavy atom. The Balaban J connectivity index is 1.60. The van der Waals surface area contributed by atoms with Crippen molar-refractivity contribution in [2.24, 2.45) is 11.7 Å². The van der Waals surface area contributed by atoms with Crippen molar-refractivity contribution in [2.75, 3.05) is 26.7 Å². The summed E-state index contributed by atoms with van der Waals surface area (Å²) < 4.78 is 0. The van der Waals surface area contributed by atoms with Gasteiger partial charge in [-0.1, -0.05) is 12.1 Å². The maximum Gasteiger partial charge on any atom is 0.317 e. The number of hydrogen-bond donors (Lipinski definition) is 2. The topological polar surface area (TPSA) is 78.7 Å². The van der Waals surface area contributed by atoms with Crippen LogP contribution in [0.2, 0.25) is 0 Å². The van der Waals surface area contributed by atoms with Gasteiger partial charge in [0, 0.05) is 31.2 Å².